The maximum Gasteiger partial charge on any atom is 0.0892 e. The molecular weight excluding hydrogens is 288 g/mol. The van der Waals surface area contributed by atoms with Crippen LogP contribution in [0.4, 0.5) is 0 Å². The van der Waals surface area contributed by atoms with E-state index in [0.717, 1.165) is 18.6 Å². The Kier molecular flexibility index (Phi) is 4.60. The quantitative estimate of drug-likeness (QED) is 0.378. The number of epoxide rings is 1. The highest BCUT2D eigenvalue weighted by Gasteiger charge is 2.46. The van der Waals surface area contributed by atoms with E-state index < -0.39 is 0 Å². The number of rotatable bonds is 6. The van der Waals surface area contributed by atoms with Crippen LogP contribution in [0.25, 0.3) is 10.8 Å². The highest BCUT2D eigenvalue weighted by atomic mass is 32.2. The first kappa shape index (κ1) is 15.6. The maximum absolute atomic E-state index is 5.64. The van der Waals surface area contributed by atoms with E-state index in [1.165, 1.54) is 21.2 Å². The first-order valence-electron chi connectivity index (χ1n) is 8.00. The summed E-state index contributed by atoms with van der Waals surface area (Å²) in [5.74, 6) is 1.04. The molecule has 1 heterocycles. The molecule has 1 nitrogen and oxygen atoms in total. The van der Waals surface area contributed by atoms with E-state index in [1.807, 2.05) is 11.8 Å². The van der Waals surface area contributed by atoms with Gasteiger partial charge in [0.1, 0.15) is 0 Å². The van der Waals surface area contributed by atoms with Crippen molar-refractivity contribution in [3.63, 3.8) is 0 Å². The Hall–Kier alpha value is -1.25. The van der Waals surface area contributed by atoms with Gasteiger partial charge in [-0.15, -0.1) is 11.8 Å². The minimum atomic E-state index is 0.125. The second-order valence-corrected chi connectivity index (χ2v) is 7.71. The molecule has 0 aliphatic carbocycles. The van der Waals surface area contributed by atoms with Gasteiger partial charge in [0, 0.05) is 10.6 Å². The lowest BCUT2D eigenvalue weighted by atomic mass is 10.0. The predicted molar refractivity (Wildman–Crippen MR) is 96.6 cm³/mol. The third kappa shape index (κ3) is 3.93. The maximum atomic E-state index is 5.64. The SMILES string of the molecule is C/C(=C\CSc1ccc2ccccc2c1)CCC1OC1(C)C. The number of fused-ring (bicyclic) bond motifs is 1. The number of hydrogen-bond donors (Lipinski definition) is 0. The van der Waals surface area contributed by atoms with Gasteiger partial charge in [-0.1, -0.05) is 42.0 Å². The lowest BCUT2D eigenvalue weighted by Crippen LogP contribution is -2.02. The molecule has 0 saturated carbocycles. The van der Waals surface area contributed by atoms with Crippen LogP contribution in [0.15, 0.2) is 59.0 Å². The molecule has 0 radical (unpaired) electrons. The summed E-state index contributed by atoms with van der Waals surface area (Å²) in [5.41, 5.74) is 1.60. The first-order chi connectivity index (χ1) is 10.5. The van der Waals surface area contributed by atoms with E-state index in [-0.39, 0.29) is 5.60 Å². The zero-order valence-corrected chi connectivity index (χ0v) is 14.5. The first-order valence-corrected chi connectivity index (χ1v) is 8.98. The van der Waals surface area contributed by atoms with E-state index in [1.54, 1.807) is 0 Å². The van der Waals surface area contributed by atoms with E-state index in [2.05, 4.69) is 69.3 Å². The molecule has 2 aromatic rings. The summed E-state index contributed by atoms with van der Waals surface area (Å²) in [6, 6.07) is 15.2. The molecule has 0 aromatic heterocycles. The van der Waals surface area contributed by atoms with Crippen LogP contribution in [-0.4, -0.2) is 17.5 Å². The number of benzene rings is 2. The summed E-state index contributed by atoms with van der Waals surface area (Å²) in [7, 11) is 0. The van der Waals surface area contributed by atoms with E-state index >= 15 is 0 Å². The molecule has 1 aliphatic heterocycles. The molecular formula is C20H24OS. The Morgan fingerprint density at radius 1 is 1.18 bits per heavy atom. The van der Waals surface area contributed by atoms with Crippen LogP contribution in [-0.2, 0) is 4.74 Å². The Morgan fingerprint density at radius 3 is 2.64 bits per heavy atom. The number of ether oxygens (including phenoxy) is 1. The molecule has 0 amide bonds. The van der Waals surface area contributed by atoms with Gasteiger partial charge < -0.3 is 4.74 Å². The summed E-state index contributed by atoms with van der Waals surface area (Å²) in [4.78, 5) is 1.34. The topological polar surface area (TPSA) is 12.5 Å². The van der Waals surface area contributed by atoms with E-state index in [4.69, 9.17) is 4.74 Å². The summed E-state index contributed by atoms with van der Waals surface area (Å²) >= 11 is 1.91. The van der Waals surface area contributed by atoms with Crippen LogP contribution in [0.2, 0.25) is 0 Å². The van der Waals surface area contributed by atoms with Crippen LogP contribution in [0.3, 0.4) is 0 Å². The van der Waals surface area contributed by atoms with Crippen molar-refractivity contribution in [1.29, 1.82) is 0 Å². The highest BCUT2D eigenvalue weighted by Crippen LogP contribution is 2.39. The zero-order chi connectivity index (χ0) is 15.6. The molecule has 2 heteroatoms. The molecule has 1 fully saturated rings. The van der Waals surface area contributed by atoms with Crippen molar-refractivity contribution in [3.05, 3.63) is 54.1 Å². The van der Waals surface area contributed by atoms with Gasteiger partial charge >= 0.3 is 0 Å². The standard InChI is InChI=1S/C20H24OS/c1-15(8-11-19-20(2,3)21-19)12-13-22-18-10-9-16-6-4-5-7-17(16)14-18/h4-7,9-10,12,14,19H,8,11,13H2,1-3H3/b15-12+. The largest absolute Gasteiger partial charge is 0.367 e. The second-order valence-electron chi connectivity index (χ2n) is 6.62. The minimum Gasteiger partial charge on any atom is -0.367 e. The molecule has 116 valence electrons. The molecule has 22 heavy (non-hydrogen) atoms. The summed E-state index contributed by atoms with van der Waals surface area (Å²) < 4.78 is 5.64. The van der Waals surface area contributed by atoms with Gasteiger partial charge in [0.25, 0.3) is 0 Å². The molecule has 1 unspecified atom stereocenters. The molecule has 2 aromatic carbocycles. The van der Waals surface area contributed by atoms with Gasteiger partial charge in [-0.05, 0) is 56.5 Å². The van der Waals surface area contributed by atoms with Gasteiger partial charge in [0.2, 0.25) is 0 Å². The van der Waals surface area contributed by atoms with Crippen molar-refractivity contribution in [2.45, 2.75) is 50.2 Å². The zero-order valence-electron chi connectivity index (χ0n) is 13.6. The van der Waals surface area contributed by atoms with Crippen molar-refractivity contribution < 1.29 is 4.74 Å². The molecule has 1 aliphatic rings. The predicted octanol–water partition coefficient (Wildman–Crippen LogP) is 5.84. The Balaban J connectivity index is 1.49. The molecule has 0 spiro atoms. The van der Waals surface area contributed by atoms with Gasteiger partial charge in [-0.3, -0.25) is 0 Å². The Morgan fingerprint density at radius 2 is 1.91 bits per heavy atom. The number of allylic oxidation sites excluding steroid dienone is 1. The second kappa shape index (κ2) is 6.47. The third-order valence-electron chi connectivity index (χ3n) is 4.37. The lowest BCUT2D eigenvalue weighted by Gasteiger charge is -2.03. The van der Waals surface area contributed by atoms with Crippen molar-refractivity contribution >= 4 is 22.5 Å². The molecule has 1 atom stereocenters. The number of hydrogen-bond acceptors (Lipinski definition) is 2. The minimum absolute atomic E-state index is 0.125. The number of thioether (sulfide) groups is 1. The van der Waals surface area contributed by atoms with Crippen molar-refractivity contribution in [2.24, 2.45) is 0 Å². The van der Waals surface area contributed by atoms with Gasteiger partial charge in [-0.25, -0.2) is 0 Å². The van der Waals surface area contributed by atoms with Crippen LogP contribution in [0.1, 0.15) is 33.6 Å². The summed E-state index contributed by atoms with van der Waals surface area (Å²) in [6.07, 6.45) is 5.11. The van der Waals surface area contributed by atoms with Crippen LogP contribution < -0.4 is 0 Å². The lowest BCUT2D eigenvalue weighted by molar-refractivity contribution is 0.320. The van der Waals surface area contributed by atoms with Gasteiger partial charge in [-0.2, -0.15) is 0 Å². The normalized spacial score (nSPS) is 20.3. The molecule has 0 bridgehead atoms. The summed E-state index contributed by atoms with van der Waals surface area (Å²) in [6.45, 7) is 6.58. The smallest absolute Gasteiger partial charge is 0.0892 e. The third-order valence-corrected chi connectivity index (χ3v) is 5.29. The van der Waals surface area contributed by atoms with Gasteiger partial charge in [0.15, 0.2) is 0 Å². The Labute approximate surface area is 137 Å². The van der Waals surface area contributed by atoms with Crippen LogP contribution in [0.5, 0.6) is 0 Å². The van der Waals surface area contributed by atoms with E-state index in [0.29, 0.717) is 6.10 Å². The molecule has 1 saturated heterocycles. The average molecular weight is 312 g/mol. The van der Waals surface area contributed by atoms with Crippen LogP contribution in [0, 0.1) is 0 Å². The average Bonchev–Trinajstić information content (AvgIpc) is 3.12. The fraction of sp³-hybridized carbons (Fsp3) is 0.400. The van der Waals surface area contributed by atoms with Crippen molar-refractivity contribution in [2.75, 3.05) is 5.75 Å². The molecule has 3 rings (SSSR count). The van der Waals surface area contributed by atoms with Crippen molar-refractivity contribution in [3.8, 4) is 0 Å². The molecule has 0 N–H and O–H groups in total. The summed E-state index contributed by atoms with van der Waals surface area (Å²) in [5, 5.41) is 2.63. The Bertz CT molecular complexity index is 687. The van der Waals surface area contributed by atoms with E-state index in [9.17, 15) is 0 Å². The van der Waals surface area contributed by atoms with Gasteiger partial charge in [0.05, 0.1) is 11.7 Å². The fourth-order valence-corrected chi connectivity index (χ4v) is 3.67. The van der Waals surface area contributed by atoms with Crippen LogP contribution >= 0.6 is 11.8 Å². The van der Waals surface area contributed by atoms with Crippen molar-refractivity contribution in [1.82, 2.24) is 0 Å². The highest BCUT2D eigenvalue weighted by molar-refractivity contribution is 7.99. The fourth-order valence-electron chi connectivity index (χ4n) is 2.74. The monoisotopic (exact) mass is 312 g/mol.